The first-order valence-electron chi connectivity index (χ1n) is 11.9. The van der Waals surface area contributed by atoms with Crippen LogP contribution in [0.25, 0.3) is 10.9 Å². The van der Waals surface area contributed by atoms with Gasteiger partial charge in [-0.15, -0.1) is 5.10 Å². The average Bonchev–Trinajstić information content (AvgIpc) is 3.59. The standard InChI is InChI=1S/C27H25ClFN7O/c1-27(2,3)26(37)33-23-16(12-30)13-31-25-20(23)10-18(11-21(25)28)32-24(15-4-6-17(29)7-5-15)22-14-36(35-34-22)19-8-9-19/h4-7,10-11,13-14,19,24,32H,8-9H2,1-3H3,(H,31,33,37)/t24-/m0/s1. The van der Waals surface area contributed by atoms with Gasteiger partial charge in [-0.25, -0.2) is 9.07 Å². The molecule has 1 aliphatic carbocycles. The average molecular weight is 518 g/mol. The number of nitrogens with zero attached hydrogens (tertiary/aromatic N) is 5. The Morgan fingerprint density at radius 1 is 1.24 bits per heavy atom. The highest BCUT2D eigenvalue weighted by molar-refractivity contribution is 6.36. The summed E-state index contributed by atoms with van der Waals surface area (Å²) >= 11 is 6.63. The van der Waals surface area contributed by atoms with Crippen molar-refractivity contribution in [2.75, 3.05) is 10.6 Å². The monoisotopic (exact) mass is 517 g/mol. The number of halogens is 2. The van der Waals surface area contributed by atoms with E-state index in [9.17, 15) is 14.4 Å². The molecular weight excluding hydrogens is 493 g/mol. The van der Waals surface area contributed by atoms with Crippen molar-refractivity contribution in [3.8, 4) is 6.07 Å². The third-order valence-corrected chi connectivity index (χ3v) is 6.51. The molecule has 0 saturated heterocycles. The number of nitrogens with one attached hydrogen (secondary N) is 2. The molecular formula is C27H25ClFN7O. The maximum atomic E-state index is 13.7. The van der Waals surface area contributed by atoms with Crippen LogP contribution < -0.4 is 10.6 Å². The summed E-state index contributed by atoms with van der Waals surface area (Å²) in [6.07, 6.45) is 5.42. The molecule has 0 radical (unpaired) electrons. The van der Waals surface area contributed by atoms with Gasteiger partial charge in [0.1, 0.15) is 17.6 Å². The molecule has 188 valence electrons. The minimum absolute atomic E-state index is 0.223. The van der Waals surface area contributed by atoms with Gasteiger partial charge in [0.25, 0.3) is 0 Å². The summed E-state index contributed by atoms with van der Waals surface area (Å²) in [4.78, 5) is 17.2. The molecule has 1 saturated carbocycles. The second-order valence-electron chi connectivity index (χ2n) is 10.2. The first-order chi connectivity index (χ1) is 17.6. The number of benzene rings is 2. The van der Waals surface area contributed by atoms with Gasteiger partial charge >= 0.3 is 0 Å². The molecule has 1 aliphatic rings. The molecule has 0 bridgehead atoms. The van der Waals surface area contributed by atoms with Crippen LogP contribution in [-0.4, -0.2) is 25.9 Å². The van der Waals surface area contributed by atoms with E-state index in [0.29, 0.717) is 39.0 Å². The molecule has 1 amide bonds. The number of fused-ring (bicyclic) bond motifs is 1. The van der Waals surface area contributed by atoms with E-state index in [1.165, 1.54) is 18.3 Å². The lowest BCUT2D eigenvalue weighted by atomic mass is 9.95. The van der Waals surface area contributed by atoms with Gasteiger partial charge in [0.2, 0.25) is 5.91 Å². The quantitative estimate of drug-likeness (QED) is 0.324. The molecule has 2 N–H and O–H groups in total. The molecule has 2 aromatic heterocycles. The summed E-state index contributed by atoms with van der Waals surface area (Å²) in [5.41, 5.74) is 2.40. The van der Waals surface area contributed by atoms with Crippen LogP contribution in [0.5, 0.6) is 0 Å². The Morgan fingerprint density at radius 2 is 1.97 bits per heavy atom. The highest BCUT2D eigenvalue weighted by Crippen LogP contribution is 2.37. The van der Waals surface area contributed by atoms with Gasteiger partial charge in [0.15, 0.2) is 0 Å². The number of hydrogen-bond donors (Lipinski definition) is 2. The van der Waals surface area contributed by atoms with E-state index in [1.54, 1.807) is 45.0 Å². The van der Waals surface area contributed by atoms with Crippen LogP contribution >= 0.6 is 11.6 Å². The van der Waals surface area contributed by atoms with Crippen molar-refractivity contribution in [2.24, 2.45) is 5.41 Å². The maximum Gasteiger partial charge on any atom is 0.229 e. The Bertz CT molecular complexity index is 1530. The molecule has 1 fully saturated rings. The first-order valence-corrected chi connectivity index (χ1v) is 12.3. The van der Waals surface area contributed by atoms with Crippen LogP contribution in [0.15, 0.2) is 48.8 Å². The number of rotatable bonds is 6. The molecule has 0 unspecified atom stereocenters. The third kappa shape index (κ3) is 5.11. The molecule has 0 aliphatic heterocycles. The molecule has 2 aromatic carbocycles. The summed E-state index contributed by atoms with van der Waals surface area (Å²) in [6, 6.07) is 11.7. The number of pyridine rings is 1. The van der Waals surface area contributed by atoms with E-state index in [2.05, 4.69) is 32.0 Å². The predicted molar refractivity (Wildman–Crippen MR) is 140 cm³/mol. The zero-order valence-electron chi connectivity index (χ0n) is 20.6. The zero-order chi connectivity index (χ0) is 26.3. The van der Waals surface area contributed by atoms with Gasteiger partial charge in [-0.05, 0) is 42.7 Å². The van der Waals surface area contributed by atoms with Crippen molar-refractivity contribution >= 4 is 39.8 Å². The normalized spacial score (nSPS) is 14.3. The van der Waals surface area contributed by atoms with Crippen molar-refractivity contribution in [2.45, 2.75) is 45.7 Å². The van der Waals surface area contributed by atoms with Crippen LogP contribution in [0.2, 0.25) is 5.02 Å². The first kappa shape index (κ1) is 24.7. The Labute approximate surface area is 218 Å². The summed E-state index contributed by atoms with van der Waals surface area (Å²) in [6.45, 7) is 5.37. The van der Waals surface area contributed by atoms with Crippen LogP contribution in [0.3, 0.4) is 0 Å². The van der Waals surface area contributed by atoms with Gasteiger partial charge in [-0.2, -0.15) is 5.26 Å². The lowest BCUT2D eigenvalue weighted by molar-refractivity contribution is -0.123. The summed E-state index contributed by atoms with van der Waals surface area (Å²) in [5.74, 6) is -0.584. The maximum absolute atomic E-state index is 13.7. The molecule has 0 spiro atoms. The summed E-state index contributed by atoms with van der Waals surface area (Å²) in [5, 5.41) is 25.6. The topological polar surface area (TPSA) is 109 Å². The molecule has 10 heteroatoms. The molecule has 5 rings (SSSR count). The van der Waals surface area contributed by atoms with Gasteiger partial charge in [0, 0.05) is 22.7 Å². The lowest BCUT2D eigenvalue weighted by Gasteiger charge is -2.21. The fraction of sp³-hybridized carbons (Fsp3) is 0.296. The van der Waals surface area contributed by atoms with E-state index in [4.69, 9.17) is 11.6 Å². The van der Waals surface area contributed by atoms with Crippen molar-refractivity contribution in [1.29, 1.82) is 5.26 Å². The van der Waals surface area contributed by atoms with Crippen LogP contribution in [0.4, 0.5) is 15.8 Å². The van der Waals surface area contributed by atoms with Gasteiger partial charge < -0.3 is 10.6 Å². The van der Waals surface area contributed by atoms with E-state index < -0.39 is 11.5 Å². The second kappa shape index (κ2) is 9.45. The minimum Gasteiger partial charge on any atom is -0.373 e. The van der Waals surface area contributed by atoms with Crippen molar-refractivity contribution in [1.82, 2.24) is 20.0 Å². The summed E-state index contributed by atoms with van der Waals surface area (Å²) < 4.78 is 15.5. The zero-order valence-corrected chi connectivity index (χ0v) is 21.3. The molecule has 2 heterocycles. The molecule has 8 nitrogen and oxygen atoms in total. The van der Waals surface area contributed by atoms with E-state index in [-0.39, 0.29) is 17.3 Å². The Morgan fingerprint density at radius 3 is 2.62 bits per heavy atom. The second-order valence-corrected chi connectivity index (χ2v) is 10.6. The number of anilines is 2. The molecule has 4 aromatic rings. The van der Waals surface area contributed by atoms with E-state index in [0.717, 1.165) is 18.4 Å². The Hall–Kier alpha value is -4.03. The minimum atomic E-state index is -0.678. The van der Waals surface area contributed by atoms with E-state index in [1.807, 2.05) is 10.9 Å². The number of hydrogen-bond acceptors (Lipinski definition) is 6. The highest BCUT2D eigenvalue weighted by atomic mass is 35.5. The number of nitriles is 1. The van der Waals surface area contributed by atoms with Gasteiger partial charge in [-0.3, -0.25) is 9.78 Å². The Balaban J connectivity index is 1.59. The largest absolute Gasteiger partial charge is 0.373 e. The summed E-state index contributed by atoms with van der Waals surface area (Å²) in [7, 11) is 0. The van der Waals surface area contributed by atoms with Gasteiger partial charge in [0.05, 0.1) is 40.1 Å². The van der Waals surface area contributed by atoms with Crippen LogP contribution in [0.1, 0.15) is 62.5 Å². The van der Waals surface area contributed by atoms with E-state index >= 15 is 0 Å². The van der Waals surface area contributed by atoms with Crippen molar-refractivity contribution < 1.29 is 9.18 Å². The van der Waals surface area contributed by atoms with Crippen molar-refractivity contribution in [3.63, 3.8) is 0 Å². The smallest absolute Gasteiger partial charge is 0.229 e. The van der Waals surface area contributed by atoms with Crippen LogP contribution in [-0.2, 0) is 4.79 Å². The van der Waals surface area contributed by atoms with Crippen LogP contribution in [0, 0.1) is 22.6 Å². The number of carbonyl (C=O) groups excluding carboxylic acids is 1. The lowest BCUT2D eigenvalue weighted by Crippen LogP contribution is -2.28. The number of carbonyl (C=O) groups is 1. The predicted octanol–water partition coefficient (Wildman–Crippen LogP) is 6.01. The fourth-order valence-electron chi connectivity index (χ4n) is 3.95. The molecule has 1 atom stereocenters. The highest BCUT2D eigenvalue weighted by Gasteiger charge is 2.28. The SMILES string of the molecule is CC(C)(C)C(=O)Nc1c(C#N)cnc2c(Cl)cc(N[C@@H](c3ccc(F)cc3)c3cn(C4CC4)nn3)cc12. The number of amides is 1. The Kier molecular flexibility index (Phi) is 6.30. The third-order valence-electron chi connectivity index (χ3n) is 6.22. The van der Waals surface area contributed by atoms with Gasteiger partial charge in [-0.1, -0.05) is 49.7 Å². The fourth-order valence-corrected chi connectivity index (χ4v) is 4.22. The molecule has 37 heavy (non-hydrogen) atoms. The number of aromatic nitrogens is 4. The van der Waals surface area contributed by atoms with Crippen molar-refractivity contribution in [3.05, 3.63) is 76.5 Å².